The Bertz CT molecular complexity index is 391. The molecule has 1 aromatic carbocycles. The van der Waals surface area contributed by atoms with Crippen molar-refractivity contribution < 1.29 is 13.5 Å². The maximum absolute atomic E-state index is 13.0. The molecule has 0 spiro atoms. The van der Waals surface area contributed by atoms with Crippen molar-refractivity contribution in [2.24, 2.45) is 5.41 Å². The van der Waals surface area contributed by atoms with Crippen LogP contribution in [0.4, 0.5) is 8.78 Å². The van der Waals surface area contributed by atoms with Crippen molar-refractivity contribution in [3.8, 4) is 5.75 Å². The van der Waals surface area contributed by atoms with Crippen molar-refractivity contribution in [1.82, 2.24) is 5.32 Å². The van der Waals surface area contributed by atoms with Crippen molar-refractivity contribution in [1.29, 1.82) is 0 Å². The number of hydrogen-bond acceptors (Lipinski definition) is 2. The van der Waals surface area contributed by atoms with Crippen LogP contribution in [-0.4, -0.2) is 19.2 Å². The molecule has 18 heavy (non-hydrogen) atoms. The molecule has 0 aliphatic heterocycles. The lowest BCUT2D eigenvalue weighted by atomic mass is 9.94. The van der Waals surface area contributed by atoms with Gasteiger partial charge < -0.3 is 10.1 Å². The van der Waals surface area contributed by atoms with Crippen LogP contribution in [0.25, 0.3) is 0 Å². The summed E-state index contributed by atoms with van der Waals surface area (Å²) in [5.74, 6) is -1.39. The summed E-state index contributed by atoms with van der Waals surface area (Å²) in [7, 11) is 0. The van der Waals surface area contributed by atoms with E-state index < -0.39 is 11.6 Å². The smallest absolute Gasteiger partial charge is 0.162 e. The molecule has 0 amide bonds. The van der Waals surface area contributed by atoms with Gasteiger partial charge in [0.15, 0.2) is 11.6 Å². The van der Waals surface area contributed by atoms with Crippen LogP contribution in [-0.2, 0) is 0 Å². The highest BCUT2D eigenvalue weighted by molar-refractivity contribution is 5.23. The Kier molecular flexibility index (Phi) is 5.08. The molecule has 1 N–H and O–H groups in total. The molecule has 102 valence electrons. The lowest BCUT2D eigenvalue weighted by Crippen LogP contribution is -2.37. The maximum Gasteiger partial charge on any atom is 0.162 e. The van der Waals surface area contributed by atoms with Crippen LogP contribution in [0.2, 0.25) is 0 Å². The summed E-state index contributed by atoms with van der Waals surface area (Å²) in [5, 5.41) is 3.33. The van der Waals surface area contributed by atoms with Gasteiger partial charge in [-0.1, -0.05) is 27.7 Å². The highest BCUT2D eigenvalue weighted by atomic mass is 19.2. The average Bonchev–Trinajstić information content (AvgIpc) is 2.28. The normalized spacial score (nSPS) is 11.9. The fourth-order valence-electron chi connectivity index (χ4n) is 1.38. The van der Waals surface area contributed by atoms with E-state index in [2.05, 4.69) is 33.0 Å². The number of ether oxygens (including phenoxy) is 1. The summed E-state index contributed by atoms with van der Waals surface area (Å²) in [4.78, 5) is 0. The average molecular weight is 257 g/mol. The van der Waals surface area contributed by atoms with Crippen LogP contribution in [0.15, 0.2) is 18.2 Å². The zero-order chi connectivity index (χ0) is 13.8. The molecule has 0 aliphatic carbocycles. The third-order valence-corrected chi connectivity index (χ3v) is 2.51. The molecule has 0 radical (unpaired) electrons. The second-order valence-corrected chi connectivity index (χ2v) is 5.56. The van der Waals surface area contributed by atoms with Gasteiger partial charge in [-0.05, 0) is 12.1 Å². The molecule has 0 bridgehead atoms. The largest absolute Gasteiger partial charge is 0.493 e. The lowest BCUT2D eigenvalue weighted by molar-refractivity contribution is 0.173. The van der Waals surface area contributed by atoms with Gasteiger partial charge in [-0.2, -0.15) is 0 Å². The summed E-state index contributed by atoms with van der Waals surface area (Å²) in [6.07, 6.45) is 0. The van der Waals surface area contributed by atoms with Crippen molar-refractivity contribution in [3.63, 3.8) is 0 Å². The fourth-order valence-corrected chi connectivity index (χ4v) is 1.38. The molecule has 0 fully saturated rings. The van der Waals surface area contributed by atoms with E-state index in [-0.39, 0.29) is 5.41 Å². The third kappa shape index (κ3) is 5.00. The lowest BCUT2D eigenvalue weighted by Gasteiger charge is -2.26. The topological polar surface area (TPSA) is 21.3 Å². The summed E-state index contributed by atoms with van der Waals surface area (Å²) in [5.41, 5.74) is -0.0743. The molecule has 0 unspecified atom stereocenters. The SMILES string of the molecule is CC(C)NCC(C)(C)COc1ccc(F)c(F)c1. The van der Waals surface area contributed by atoms with E-state index in [0.29, 0.717) is 18.4 Å². The van der Waals surface area contributed by atoms with E-state index in [1.165, 1.54) is 6.07 Å². The summed E-state index contributed by atoms with van der Waals surface area (Å²) < 4.78 is 31.2. The first-order valence-corrected chi connectivity index (χ1v) is 6.11. The van der Waals surface area contributed by atoms with Gasteiger partial charge in [0.2, 0.25) is 0 Å². The quantitative estimate of drug-likeness (QED) is 0.843. The Morgan fingerprint density at radius 3 is 2.44 bits per heavy atom. The Balaban J connectivity index is 2.50. The standard InChI is InChI=1S/C14H21F2NO/c1-10(2)17-8-14(3,4)9-18-11-5-6-12(15)13(16)7-11/h5-7,10,17H,8-9H2,1-4H3. The predicted octanol–water partition coefficient (Wildman–Crippen LogP) is 3.37. The Morgan fingerprint density at radius 1 is 1.22 bits per heavy atom. The highest BCUT2D eigenvalue weighted by Gasteiger charge is 2.19. The second kappa shape index (κ2) is 6.14. The van der Waals surface area contributed by atoms with Gasteiger partial charge in [0, 0.05) is 24.1 Å². The minimum absolute atomic E-state index is 0.0743. The molecular formula is C14H21F2NO. The van der Waals surface area contributed by atoms with Gasteiger partial charge in [0.05, 0.1) is 6.61 Å². The maximum atomic E-state index is 13.0. The molecule has 0 saturated carbocycles. The summed E-state index contributed by atoms with van der Waals surface area (Å²) in [6, 6.07) is 3.99. The van der Waals surface area contributed by atoms with E-state index in [1.54, 1.807) is 0 Å². The van der Waals surface area contributed by atoms with Crippen LogP contribution in [0.5, 0.6) is 5.75 Å². The second-order valence-electron chi connectivity index (χ2n) is 5.56. The first-order valence-electron chi connectivity index (χ1n) is 6.11. The molecule has 0 atom stereocenters. The Labute approximate surface area is 107 Å². The van der Waals surface area contributed by atoms with Crippen LogP contribution in [0.3, 0.4) is 0 Å². The number of halogens is 2. The third-order valence-electron chi connectivity index (χ3n) is 2.51. The van der Waals surface area contributed by atoms with Crippen LogP contribution >= 0.6 is 0 Å². The number of nitrogens with one attached hydrogen (secondary N) is 1. The zero-order valence-corrected chi connectivity index (χ0v) is 11.4. The minimum atomic E-state index is -0.884. The van der Waals surface area contributed by atoms with Crippen molar-refractivity contribution in [2.75, 3.05) is 13.2 Å². The van der Waals surface area contributed by atoms with Crippen LogP contribution in [0.1, 0.15) is 27.7 Å². The predicted molar refractivity (Wildman–Crippen MR) is 68.8 cm³/mol. The highest BCUT2D eigenvalue weighted by Crippen LogP contribution is 2.20. The Hall–Kier alpha value is -1.16. The van der Waals surface area contributed by atoms with Crippen molar-refractivity contribution in [2.45, 2.75) is 33.7 Å². The minimum Gasteiger partial charge on any atom is -0.493 e. The Morgan fingerprint density at radius 2 is 1.89 bits per heavy atom. The van der Waals surface area contributed by atoms with E-state index in [0.717, 1.165) is 18.7 Å². The molecule has 1 aromatic rings. The fraction of sp³-hybridized carbons (Fsp3) is 0.571. The number of benzene rings is 1. The summed E-state index contributed by atoms with van der Waals surface area (Å²) >= 11 is 0. The van der Waals surface area contributed by atoms with E-state index in [1.807, 2.05) is 0 Å². The van der Waals surface area contributed by atoms with E-state index >= 15 is 0 Å². The van der Waals surface area contributed by atoms with Gasteiger partial charge in [-0.25, -0.2) is 8.78 Å². The molecule has 0 aromatic heterocycles. The van der Waals surface area contributed by atoms with Gasteiger partial charge in [-0.15, -0.1) is 0 Å². The molecule has 1 rings (SSSR count). The zero-order valence-electron chi connectivity index (χ0n) is 11.4. The van der Waals surface area contributed by atoms with Gasteiger partial charge in [-0.3, -0.25) is 0 Å². The first kappa shape index (κ1) is 14.9. The molecule has 2 nitrogen and oxygen atoms in total. The molecule has 0 heterocycles. The molecule has 0 aliphatic rings. The van der Waals surface area contributed by atoms with E-state index in [9.17, 15) is 8.78 Å². The van der Waals surface area contributed by atoms with Gasteiger partial charge in [0.25, 0.3) is 0 Å². The van der Waals surface area contributed by atoms with E-state index in [4.69, 9.17) is 4.74 Å². The van der Waals surface area contributed by atoms with Crippen LogP contribution in [0, 0.1) is 17.0 Å². The molecular weight excluding hydrogens is 236 g/mol. The summed E-state index contributed by atoms with van der Waals surface area (Å²) in [6.45, 7) is 9.51. The monoisotopic (exact) mass is 257 g/mol. The van der Waals surface area contributed by atoms with Gasteiger partial charge in [0.1, 0.15) is 5.75 Å². The first-order chi connectivity index (χ1) is 8.30. The van der Waals surface area contributed by atoms with Crippen LogP contribution < -0.4 is 10.1 Å². The molecule has 0 saturated heterocycles. The van der Waals surface area contributed by atoms with Crippen molar-refractivity contribution in [3.05, 3.63) is 29.8 Å². The molecule has 4 heteroatoms. The van der Waals surface area contributed by atoms with Gasteiger partial charge >= 0.3 is 0 Å². The van der Waals surface area contributed by atoms with Crippen molar-refractivity contribution >= 4 is 0 Å². The number of rotatable bonds is 6. The number of hydrogen-bond donors (Lipinski definition) is 1.